The number of ether oxygens (including phenoxy) is 1. The quantitative estimate of drug-likeness (QED) is 0.341. The highest BCUT2D eigenvalue weighted by Gasteiger charge is 2.26. The summed E-state index contributed by atoms with van der Waals surface area (Å²) >= 11 is 1.73. The highest BCUT2D eigenvalue weighted by Crippen LogP contribution is 2.19. The van der Waals surface area contributed by atoms with E-state index in [1.54, 1.807) is 11.3 Å². The third kappa shape index (κ3) is 7.40. The SMILES string of the molecule is CCC(CC)C(CNC(=NC)NCc1ccsc1)N1CCOCC1.I. The van der Waals surface area contributed by atoms with Crippen molar-refractivity contribution >= 4 is 41.3 Å². The van der Waals surface area contributed by atoms with Crippen molar-refractivity contribution in [3.8, 4) is 0 Å². The Bertz CT molecular complexity index is 473. The molecule has 7 heteroatoms. The second kappa shape index (κ2) is 12.9. The van der Waals surface area contributed by atoms with Crippen molar-refractivity contribution in [2.45, 2.75) is 39.3 Å². The summed E-state index contributed by atoms with van der Waals surface area (Å²) in [5, 5.41) is 11.2. The maximum absolute atomic E-state index is 5.53. The van der Waals surface area contributed by atoms with Gasteiger partial charge in [0, 0.05) is 39.3 Å². The van der Waals surface area contributed by atoms with Gasteiger partial charge in [0.15, 0.2) is 5.96 Å². The van der Waals surface area contributed by atoms with Gasteiger partial charge in [0.25, 0.3) is 0 Å². The minimum atomic E-state index is 0. The summed E-state index contributed by atoms with van der Waals surface area (Å²) in [7, 11) is 1.84. The maximum Gasteiger partial charge on any atom is 0.191 e. The van der Waals surface area contributed by atoms with Crippen LogP contribution in [0.1, 0.15) is 32.3 Å². The Hall–Kier alpha value is -0.380. The lowest BCUT2D eigenvalue weighted by Crippen LogP contribution is -2.53. The zero-order valence-corrected chi connectivity index (χ0v) is 18.8. The Labute approximate surface area is 173 Å². The van der Waals surface area contributed by atoms with Crippen LogP contribution in [0.15, 0.2) is 21.8 Å². The predicted molar refractivity (Wildman–Crippen MR) is 118 cm³/mol. The van der Waals surface area contributed by atoms with Crippen molar-refractivity contribution in [1.82, 2.24) is 15.5 Å². The number of rotatable bonds is 8. The molecule has 144 valence electrons. The third-order valence-corrected chi connectivity index (χ3v) is 5.58. The standard InChI is InChI=1S/C18H32N4OS.HI/c1-4-16(5-2)17(22-7-9-23-10-8-22)13-21-18(19-3)20-12-15-6-11-24-14-15;/h6,11,14,16-17H,4-5,7-10,12-13H2,1-3H3,(H2,19,20,21);1H. The molecule has 25 heavy (non-hydrogen) atoms. The van der Waals surface area contributed by atoms with Crippen LogP contribution >= 0.6 is 35.3 Å². The van der Waals surface area contributed by atoms with Gasteiger partial charge in [-0.15, -0.1) is 24.0 Å². The minimum absolute atomic E-state index is 0. The number of aliphatic imine (C=N–C) groups is 1. The summed E-state index contributed by atoms with van der Waals surface area (Å²) in [4.78, 5) is 6.95. The normalized spacial score (nSPS) is 17.2. The number of thiophene rings is 1. The fourth-order valence-electron chi connectivity index (χ4n) is 3.34. The zero-order valence-electron chi connectivity index (χ0n) is 15.7. The van der Waals surface area contributed by atoms with Crippen molar-refractivity contribution in [1.29, 1.82) is 0 Å². The van der Waals surface area contributed by atoms with Crippen LogP contribution in [0.25, 0.3) is 0 Å². The molecule has 0 amide bonds. The van der Waals surface area contributed by atoms with Gasteiger partial charge >= 0.3 is 0 Å². The van der Waals surface area contributed by atoms with Gasteiger partial charge in [0.05, 0.1) is 13.2 Å². The Morgan fingerprint density at radius 1 is 1.28 bits per heavy atom. The lowest BCUT2D eigenvalue weighted by Gasteiger charge is -2.39. The fourth-order valence-corrected chi connectivity index (χ4v) is 4.01. The lowest BCUT2D eigenvalue weighted by atomic mass is 9.92. The second-order valence-electron chi connectivity index (χ2n) is 6.23. The summed E-state index contributed by atoms with van der Waals surface area (Å²) in [5.41, 5.74) is 1.30. The van der Waals surface area contributed by atoms with E-state index >= 15 is 0 Å². The van der Waals surface area contributed by atoms with Gasteiger partial charge in [-0.25, -0.2) is 0 Å². The summed E-state index contributed by atoms with van der Waals surface area (Å²) in [6, 6.07) is 2.68. The molecule has 1 aliphatic rings. The van der Waals surface area contributed by atoms with Crippen molar-refractivity contribution in [2.24, 2.45) is 10.9 Å². The van der Waals surface area contributed by atoms with Gasteiger partial charge < -0.3 is 15.4 Å². The third-order valence-electron chi connectivity index (χ3n) is 4.85. The van der Waals surface area contributed by atoms with Crippen LogP contribution in [0.3, 0.4) is 0 Å². The molecule has 0 aliphatic carbocycles. The Morgan fingerprint density at radius 2 is 2.00 bits per heavy atom. The molecule has 0 spiro atoms. The summed E-state index contributed by atoms with van der Waals surface area (Å²) in [5.74, 6) is 1.58. The van der Waals surface area contributed by atoms with Crippen LogP contribution in [0.4, 0.5) is 0 Å². The summed E-state index contributed by atoms with van der Waals surface area (Å²) in [6.07, 6.45) is 2.42. The number of guanidine groups is 1. The van der Waals surface area contributed by atoms with Gasteiger partial charge in [-0.3, -0.25) is 9.89 Å². The van der Waals surface area contributed by atoms with Crippen molar-refractivity contribution in [3.63, 3.8) is 0 Å². The average Bonchev–Trinajstić information content (AvgIpc) is 3.15. The lowest BCUT2D eigenvalue weighted by molar-refractivity contribution is 0.00272. The van der Waals surface area contributed by atoms with Crippen LogP contribution in [-0.2, 0) is 11.3 Å². The van der Waals surface area contributed by atoms with E-state index in [0.717, 1.165) is 45.4 Å². The molecule has 0 bridgehead atoms. The van der Waals surface area contributed by atoms with E-state index in [2.05, 4.69) is 51.2 Å². The first-order chi connectivity index (χ1) is 11.8. The first kappa shape index (κ1) is 22.7. The summed E-state index contributed by atoms with van der Waals surface area (Å²) in [6.45, 7) is 10.1. The molecule has 2 rings (SSSR count). The van der Waals surface area contributed by atoms with Gasteiger partial charge in [0.1, 0.15) is 0 Å². The van der Waals surface area contributed by atoms with Gasteiger partial charge in [-0.05, 0) is 28.3 Å². The molecule has 1 aromatic rings. The zero-order chi connectivity index (χ0) is 17.2. The number of morpholine rings is 1. The first-order valence-electron chi connectivity index (χ1n) is 9.05. The van der Waals surface area contributed by atoms with Crippen molar-refractivity contribution in [3.05, 3.63) is 22.4 Å². The van der Waals surface area contributed by atoms with Crippen LogP contribution in [0.2, 0.25) is 0 Å². The maximum atomic E-state index is 5.53. The molecule has 0 aromatic carbocycles. The van der Waals surface area contributed by atoms with E-state index in [0.29, 0.717) is 12.0 Å². The molecule has 2 N–H and O–H groups in total. The van der Waals surface area contributed by atoms with Crippen LogP contribution < -0.4 is 10.6 Å². The minimum Gasteiger partial charge on any atom is -0.379 e. The van der Waals surface area contributed by atoms with Crippen molar-refractivity contribution < 1.29 is 4.74 Å². The Balaban J connectivity index is 0.00000312. The first-order valence-corrected chi connectivity index (χ1v) is 10.00. The molecule has 0 saturated carbocycles. The molecular weight excluding hydrogens is 447 g/mol. The molecule has 1 atom stereocenters. The van der Waals surface area contributed by atoms with Gasteiger partial charge in [-0.2, -0.15) is 11.3 Å². The van der Waals surface area contributed by atoms with E-state index in [-0.39, 0.29) is 24.0 Å². The summed E-state index contributed by atoms with van der Waals surface area (Å²) < 4.78 is 5.53. The monoisotopic (exact) mass is 480 g/mol. The number of hydrogen-bond donors (Lipinski definition) is 2. The van der Waals surface area contributed by atoms with Crippen LogP contribution in [0.5, 0.6) is 0 Å². The Kier molecular flexibility index (Phi) is 11.7. The molecular formula is C18H33IN4OS. The molecule has 2 heterocycles. The highest BCUT2D eigenvalue weighted by molar-refractivity contribution is 14.0. The second-order valence-corrected chi connectivity index (χ2v) is 7.01. The van der Waals surface area contributed by atoms with Crippen LogP contribution in [-0.4, -0.2) is 56.8 Å². The number of nitrogens with zero attached hydrogens (tertiary/aromatic N) is 2. The largest absolute Gasteiger partial charge is 0.379 e. The molecule has 1 aliphatic heterocycles. The van der Waals surface area contributed by atoms with Crippen LogP contribution in [0, 0.1) is 5.92 Å². The Morgan fingerprint density at radius 3 is 2.56 bits per heavy atom. The number of halogens is 1. The highest BCUT2D eigenvalue weighted by atomic mass is 127. The van der Waals surface area contributed by atoms with E-state index < -0.39 is 0 Å². The van der Waals surface area contributed by atoms with E-state index in [9.17, 15) is 0 Å². The topological polar surface area (TPSA) is 48.9 Å². The molecule has 5 nitrogen and oxygen atoms in total. The molecule has 1 aromatic heterocycles. The van der Waals surface area contributed by atoms with E-state index in [1.165, 1.54) is 18.4 Å². The average molecular weight is 480 g/mol. The van der Waals surface area contributed by atoms with Gasteiger partial charge in [-0.1, -0.05) is 26.7 Å². The van der Waals surface area contributed by atoms with Gasteiger partial charge in [0.2, 0.25) is 0 Å². The van der Waals surface area contributed by atoms with Crippen molar-refractivity contribution in [2.75, 3.05) is 39.9 Å². The fraction of sp³-hybridized carbons (Fsp3) is 0.722. The molecule has 0 radical (unpaired) electrons. The molecule has 1 unspecified atom stereocenters. The van der Waals surface area contributed by atoms with E-state index in [4.69, 9.17) is 4.74 Å². The number of nitrogens with one attached hydrogen (secondary N) is 2. The van der Waals surface area contributed by atoms with E-state index in [1.807, 2.05) is 7.05 Å². The smallest absolute Gasteiger partial charge is 0.191 e. The molecule has 1 saturated heterocycles. The molecule has 1 fully saturated rings. The number of hydrogen-bond acceptors (Lipinski definition) is 4. The predicted octanol–water partition coefficient (Wildman–Crippen LogP) is 3.17.